The number of para-hydroxylation sites is 1. The van der Waals surface area contributed by atoms with E-state index in [4.69, 9.17) is 10.5 Å². The fourth-order valence-electron chi connectivity index (χ4n) is 3.19. The van der Waals surface area contributed by atoms with Gasteiger partial charge < -0.3 is 15.5 Å². The predicted molar refractivity (Wildman–Crippen MR) is 99.0 cm³/mol. The lowest BCUT2D eigenvalue weighted by Gasteiger charge is -2.24. The van der Waals surface area contributed by atoms with Crippen LogP contribution in [0.3, 0.4) is 0 Å². The number of imide groups is 1. The quantitative estimate of drug-likeness (QED) is 0.647. The van der Waals surface area contributed by atoms with E-state index < -0.39 is 11.9 Å². The Balaban J connectivity index is 1.72. The fourth-order valence-corrected chi connectivity index (χ4v) is 3.19. The van der Waals surface area contributed by atoms with Crippen LogP contribution in [0.5, 0.6) is 0 Å². The van der Waals surface area contributed by atoms with Crippen LogP contribution in [-0.2, 0) is 16.1 Å². The maximum absolute atomic E-state index is 12.3. The highest BCUT2D eigenvalue weighted by Gasteiger charge is 2.21. The molecule has 0 radical (unpaired) electrons. The van der Waals surface area contributed by atoms with E-state index >= 15 is 0 Å². The molecule has 0 spiro atoms. The number of rotatable bonds is 7. The lowest BCUT2D eigenvalue weighted by atomic mass is 10.2. The zero-order valence-electron chi connectivity index (χ0n) is 14.9. The van der Waals surface area contributed by atoms with Crippen molar-refractivity contribution in [1.82, 2.24) is 20.2 Å². The van der Waals surface area contributed by atoms with Gasteiger partial charge in [-0.1, -0.05) is 12.1 Å². The molecule has 1 aromatic heterocycles. The summed E-state index contributed by atoms with van der Waals surface area (Å²) in [7, 11) is 0. The molecule has 1 atom stereocenters. The van der Waals surface area contributed by atoms with Crippen LogP contribution in [0, 0.1) is 0 Å². The molecule has 0 saturated carbocycles. The average Bonchev–Trinajstić information content (AvgIpc) is 3.12. The van der Waals surface area contributed by atoms with Gasteiger partial charge in [-0.2, -0.15) is 0 Å². The maximum Gasteiger partial charge on any atom is 0.318 e. The van der Waals surface area contributed by atoms with Crippen LogP contribution >= 0.6 is 0 Å². The van der Waals surface area contributed by atoms with Crippen LogP contribution in [0.4, 0.5) is 4.79 Å². The zero-order valence-corrected chi connectivity index (χ0v) is 14.9. The van der Waals surface area contributed by atoms with Crippen molar-refractivity contribution < 1.29 is 14.3 Å². The molecule has 3 rings (SSSR count). The minimum Gasteiger partial charge on any atom is -0.377 e. The molecule has 0 aliphatic carbocycles. The number of nitrogens with zero attached hydrogens (tertiary/aromatic N) is 2. The van der Waals surface area contributed by atoms with Crippen molar-refractivity contribution in [2.75, 3.05) is 19.7 Å². The molecule has 4 N–H and O–H groups in total. The van der Waals surface area contributed by atoms with Gasteiger partial charge in [-0.05, 0) is 25.0 Å². The van der Waals surface area contributed by atoms with Crippen molar-refractivity contribution in [3.05, 3.63) is 40.4 Å². The van der Waals surface area contributed by atoms with Crippen LogP contribution in [0.15, 0.2) is 29.1 Å². The van der Waals surface area contributed by atoms with Gasteiger partial charge in [-0.25, -0.2) is 9.78 Å². The molecule has 27 heavy (non-hydrogen) atoms. The second-order valence-electron chi connectivity index (χ2n) is 6.56. The Hall–Kier alpha value is -2.78. The molecule has 1 aromatic carbocycles. The normalized spacial score (nSPS) is 16.7. The van der Waals surface area contributed by atoms with Crippen LogP contribution in [0.25, 0.3) is 10.9 Å². The summed E-state index contributed by atoms with van der Waals surface area (Å²) < 4.78 is 5.68. The largest absolute Gasteiger partial charge is 0.377 e. The number of nitrogens with one attached hydrogen (secondary N) is 2. The van der Waals surface area contributed by atoms with Crippen LogP contribution in [0.1, 0.15) is 25.1 Å². The minimum atomic E-state index is -0.869. The SMILES string of the molecule is NC(=O)NC(=O)CCN(Cc1nc2ccccc2c(=O)[nH]1)C[C@@H]1CCCO1. The molecule has 2 aromatic rings. The van der Waals surface area contributed by atoms with Crippen molar-refractivity contribution in [3.63, 3.8) is 0 Å². The van der Waals surface area contributed by atoms with Crippen LogP contribution < -0.4 is 16.6 Å². The molecule has 1 fully saturated rings. The Bertz CT molecular complexity index is 875. The van der Waals surface area contributed by atoms with E-state index in [0.717, 1.165) is 19.4 Å². The molecule has 2 heterocycles. The van der Waals surface area contributed by atoms with E-state index in [9.17, 15) is 14.4 Å². The number of benzene rings is 1. The fraction of sp³-hybridized carbons (Fsp3) is 0.444. The van der Waals surface area contributed by atoms with E-state index in [1.165, 1.54) is 0 Å². The van der Waals surface area contributed by atoms with Gasteiger partial charge in [0.1, 0.15) is 5.82 Å². The highest BCUT2D eigenvalue weighted by molar-refractivity contribution is 5.93. The van der Waals surface area contributed by atoms with E-state index in [-0.39, 0.29) is 18.1 Å². The van der Waals surface area contributed by atoms with Gasteiger partial charge >= 0.3 is 6.03 Å². The molecular formula is C18H23N5O4. The second kappa shape index (κ2) is 8.74. The third-order valence-electron chi connectivity index (χ3n) is 4.44. The lowest BCUT2D eigenvalue weighted by Crippen LogP contribution is -2.39. The number of aromatic nitrogens is 2. The first-order valence-corrected chi connectivity index (χ1v) is 8.92. The summed E-state index contributed by atoms with van der Waals surface area (Å²) in [5.41, 5.74) is 5.40. The minimum absolute atomic E-state index is 0.0800. The van der Waals surface area contributed by atoms with Crippen molar-refractivity contribution in [2.24, 2.45) is 5.73 Å². The predicted octanol–water partition coefficient (Wildman–Crippen LogP) is 0.489. The summed E-state index contributed by atoms with van der Waals surface area (Å²) in [5, 5.41) is 2.59. The summed E-state index contributed by atoms with van der Waals surface area (Å²) in [6, 6.07) is 6.27. The van der Waals surface area contributed by atoms with Gasteiger partial charge in [0, 0.05) is 26.1 Å². The van der Waals surface area contributed by atoms with Gasteiger partial charge in [-0.3, -0.25) is 19.8 Å². The number of hydrogen-bond acceptors (Lipinski definition) is 6. The standard InChI is InChI=1S/C18H23N5O4/c19-18(26)22-16(24)7-8-23(10-12-4-3-9-27-12)11-15-20-14-6-2-1-5-13(14)17(25)21-15/h1-2,5-6,12H,3-4,7-11H2,(H,20,21,25)(H3,19,22,24,26)/t12-/m0/s1. The lowest BCUT2D eigenvalue weighted by molar-refractivity contribution is -0.120. The molecule has 9 nitrogen and oxygen atoms in total. The summed E-state index contributed by atoms with van der Waals surface area (Å²) in [4.78, 5) is 44.1. The van der Waals surface area contributed by atoms with Crippen molar-refractivity contribution in [1.29, 1.82) is 0 Å². The Morgan fingerprint density at radius 1 is 1.37 bits per heavy atom. The number of ether oxygens (including phenoxy) is 1. The highest BCUT2D eigenvalue weighted by Crippen LogP contribution is 2.15. The third-order valence-corrected chi connectivity index (χ3v) is 4.44. The number of carbonyl (C=O) groups is 2. The molecule has 1 aliphatic heterocycles. The number of H-pyrrole nitrogens is 1. The average molecular weight is 373 g/mol. The van der Waals surface area contributed by atoms with Crippen molar-refractivity contribution in [2.45, 2.75) is 31.9 Å². The number of fused-ring (bicyclic) bond motifs is 1. The summed E-state index contributed by atoms with van der Waals surface area (Å²) in [6.45, 7) is 2.09. The number of urea groups is 1. The highest BCUT2D eigenvalue weighted by atomic mass is 16.5. The molecule has 0 unspecified atom stereocenters. The number of carbonyl (C=O) groups excluding carboxylic acids is 2. The number of aromatic amines is 1. The first-order valence-electron chi connectivity index (χ1n) is 8.92. The van der Waals surface area contributed by atoms with Gasteiger partial charge in [0.15, 0.2) is 0 Å². The number of primary amides is 1. The zero-order chi connectivity index (χ0) is 19.2. The summed E-state index contributed by atoms with van der Waals surface area (Å²) >= 11 is 0. The first kappa shape index (κ1) is 19.0. The Kier molecular flexibility index (Phi) is 6.15. The third kappa shape index (κ3) is 5.35. The number of nitrogens with two attached hydrogens (primary N) is 1. The van der Waals surface area contributed by atoms with E-state index in [0.29, 0.717) is 36.4 Å². The smallest absolute Gasteiger partial charge is 0.318 e. The first-order chi connectivity index (χ1) is 13.0. The molecule has 0 bridgehead atoms. The van der Waals surface area contributed by atoms with Gasteiger partial charge in [0.25, 0.3) is 5.56 Å². The maximum atomic E-state index is 12.3. The van der Waals surface area contributed by atoms with E-state index in [2.05, 4.69) is 15.3 Å². The van der Waals surface area contributed by atoms with Gasteiger partial charge in [-0.15, -0.1) is 0 Å². The number of amides is 3. The van der Waals surface area contributed by atoms with Crippen molar-refractivity contribution in [3.8, 4) is 0 Å². The van der Waals surface area contributed by atoms with Crippen molar-refractivity contribution >= 4 is 22.8 Å². The van der Waals surface area contributed by atoms with Gasteiger partial charge in [0.2, 0.25) is 5.91 Å². The topological polar surface area (TPSA) is 130 Å². The van der Waals surface area contributed by atoms with E-state index in [1.807, 2.05) is 11.0 Å². The van der Waals surface area contributed by atoms with Crippen LogP contribution in [0.2, 0.25) is 0 Å². The molecule has 3 amide bonds. The van der Waals surface area contributed by atoms with Crippen LogP contribution in [-0.4, -0.2) is 52.6 Å². The summed E-state index contributed by atoms with van der Waals surface area (Å²) in [5.74, 6) is 0.0758. The Morgan fingerprint density at radius 3 is 2.93 bits per heavy atom. The second-order valence-corrected chi connectivity index (χ2v) is 6.56. The monoisotopic (exact) mass is 373 g/mol. The van der Waals surface area contributed by atoms with E-state index in [1.54, 1.807) is 18.2 Å². The molecule has 9 heteroatoms. The molecule has 144 valence electrons. The number of hydrogen-bond donors (Lipinski definition) is 3. The summed E-state index contributed by atoms with van der Waals surface area (Å²) in [6.07, 6.45) is 2.14. The Morgan fingerprint density at radius 2 is 2.19 bits per heavy atom. The molecule has 1 saturated heterocycles. The van der Waals surface area contributed by atoms with Gasteiger partial charge in [0.05, 0.1) is 23.6 Å². The Labute approximate surface area is 155 Å². The molecule has 1 aliphatic rings. The molecular weight excluding hydrogens is 350 g/mol.